The van der Waals surface area contributed by atoms with Crippen LogP contribution in [0.4, 0.5) is 4.39 Å². The van der Waals surface area contributed by atoms with Gasteiger partial charge in [-0.05, 0) is 49.9 Å². The van der Waals surface area contributed by atoms with Crippen molar-refractivity contribution in [1.82, 2.24) is 4.90 Å². The van der Waals surface area contributed by atoms with E-state index in [1.54, 1.807) is 12.1 Å². The first-order chi connectivity index (χ1) is 11.8. The molecule has 2 rings (SSSR count). The van der Waals surface area contributed by atoms with Crippen LogP contribution in [0, 0.1) is 11.7 Å². The number of rotatable bonds is 7. The molecular weight excluding hydrogens is 313 g/mol. The van der Waals surface area contributed by atoms with Gasteiger partial charge < -0.3 is 10.0 Å². The average molecular weight is 341 g/mol. The molecule has 2 atom stereocenters. The van der Waals surface area contributed by atoms with Gasteiger partial charge in [0.1, 0.15) is 5.82 Å². The van der Waals surface area contributed by atoms with E-state index in [2.05, 4.69) is 11.8 Å². The molecule has 2 nitrogen and oxygen atoms in total. The third-order valence-electron chi connectivity index (χ3n) is 4.71. The first-order valence-corrected chi connectivity index (χ1v) is 8.66. The molecular formula is C22H28FNO. The van der Waals surface area contributed by atoms with Crippen LogP contribution >= 0.6 is 0 Å². The molecule has 0 bridgehead atoms. The maximum Gasteiger partial charge on any atom is 0.123 e. The van der Waals surface area contributed by atoms with Crippen LogP contribution in [-0.4, -0.2) is 36.2 Å². The average Bonchev–Trinajstić information content (AvgIpc) is 2.57. The summed E-state index contributed by atoms with van der Waals surface area (Å²) in [4.78, 5) is 2.08. The lowest BCUT2D eigenvalue weighted by molar-refractivity contribution is 0.0149. The molecule has 0 radical (unpaired) electrons. The van der Waals surface area contributed by atoms with E-state index < -0.39 is 5.60 Å². The number of hydrogen-bond donors (Lipinski definition) is 1. The molecule has 0 aliphatic heterocycles. The van der Waals surface area contributed by atoms with E-state index in [9.17, 15) is 9.50 Å². The lowest BCUT2D eigenvalue weighted by Gasteiger charge is -2.37. The second kappa shape index (κ2) is 8.41. The molecule has 0 saturated heterocycles. The van der Waals surface area contributed by atoms with Gasteiger partial charge in [-0.1, -0.05) is 55.5 Å². The molecule has 0 aliphatic rings. The van der Waals surface area contributed by atoms with Gasteiger partial charge in [-0.3, -0.25) is 0 Å². The van der Waals surface area contributed by atoms with Gasteiger partial charge in [0.2, 0.25) is 0 Å². The van der Waals surface area contributed by atoms with E-state index in [-0.39, 0.29) is 11.7 Å². The second-order valence-corrected chi connectivity index (χ2v) is 7.13. The highest BCUT2D eigenvalue weighted by Gasteiger charge is 2.36. The number of benzene rings is 2. The number of nitrogens with zero attached hydrogens (tertiary/aromatic N) is 1. The molecule has 0 fully saturated rings. The number of hydrogen-bond acceptors (Lipinski definition) is 2. The van der Waals surface area contributed by atoms with Gasteiger partial charge in [0.15, 0.2) is 0 Å². The topological polar surface area (TPSA) is 23.5 Å². The zero-order valence-electron chi connectivity index (χ0n) is 15.5. The highest BCUT2D eigenvalue weighted by molar-refractivity contribution is 5.54. The zero-order chi connectivity index (χ0) is 18.4. The maximum atomic E-state index is 13.2. The third kappa shape index (κ3) is 5.25. The zero-order valence-corrected chi connectivity index (χ0v) is 15.5. The molecule has 2 aromatic carbocycles. The summed E-state index contributed by atoms with van der Waals surface area (Å²) in [5, 5.41) is 11.6. The molecule has 0 aliphatic carbocycles. The summed E-state index contributed by atoms with van der Waals surface area (Å²) in [6, 6.07) is 16.4. The van der Waals surface area contributed by atoms with Crippen LogP contribution < -0.4 is 0 Å². The minimum atomic E-state index is -1.00. The summed E-state index contributed by atoms with van der Waals surface area (Å²) < 4.78 is 13.2. The van der Waals surface area contributed by atoms with Crippen LogP contribution in [0.1, 0.15) is 25.0 Å². The van der Waals surface area contributed by atoms with Crippen molar-refractivity contribution in [2.75, 3.05) is 20.6 Å². The van der Waals surface area contributed by atoms with Gasteiger partial charge in [-0.2, -0.15) is 0 Å². The Labute approximate surface area is 150 Å². The molecule has 0 heterocycles. The van der Waals surface area contributed by atoms with Gasteiger partial charge in [0, 0.05) is 18.9 Å². The Kier molecular flexibility index (Phi) is 6.51. The van der Waals surface area contributed by atoms with Crippen molar-refractivity contribution >= 4 is 6.08 Å². The minimum Gasteiger partial charge on any atom is -0.385 e. The van der Waals surface area contributed by atoms with Gasteiger partial charge >= 0.3 is 0 Å². The standard InChI is InChI=1S/C22H28FNO/c1-17(14-19-8-6-5-7-9-19)22(25,18(2)16-24(3)4)15-20-10-12-21(23)13-11-20/h5-14,18,25H,15-16H2,1-4H3. The smallest absolute Gasteiger partial charge is 0.123 e. The molecule has 0 spiro atoms. The predicted molar refractivity (Wildman–Crippen MR) is 103 cm³/mol. The molecule has 2 unspecified atom stereocenters. The quantitative estimate of drug-likeness (QED) is 0.807. The molecule has 3 heteroatoms. The summed E-state index contributed by atoms with van der Waals surface area (Å²) in [5.74, 6) is -0.238. The first-order valence-electron chi connectivity index (χ1n) is 8.66. The lowest BCUT2D eigenvalue weighted by atomic mass is 9.77. The molecule has 2 aromatic rings. The van der Waals surface area contributed by atoms with Gasteiger partial charge in [0.05, 0.1) is 5.60 Å². The van der Waals surface area contributed by atoms with Crippen LogP contribution in [0.5, 0.6) is 0 Å². The fourth-order valence-electron chi connectivity index (χ4n) is 3.24. The fraction of sp³-hybridized carbons (Fsp3) is 0.364. The Morgan fingerprint density at radius 3 is 2.28 bits per heavy atom. The summed E-state index contributed by atoms with van der Waals surface area (Å²) in [5.41, 5.74) is 1.90. The second-order valence-electron chi connectivity index (χ2n) is 7.13. The highest BCUT2D eigenvalue weighted by atomic mass is 19.1. The van der Waals surface area contributed by atoms with Gasteiger partial charge in [-0.15, -0.1) is 0 Å². The Bertz CT molecular complexity index is 694. The molecule has 1 N–H and O–H groups in total. The largest absolute Gasteiger partial charge is 0.385 e. The van der Waals surface area contributed by atoms with E-state index >= 15 is 0 Å². The number of aliphatic hydroxyl groups is 1. The Balaban J connectivity index is 2.36. The lowest BCUT2D eigenvalue weighted by Crippen LogP contribution is -2.44. The van der Waals surface area contributed by atoms with Crippen molar-refractivity contribution in [3.8, 4) is 0 Å². The molecule has 0 amide bonds. The molecule has 25 heavy (non-hydrogen) atoms. The van der Waals surface area contributed by atoms with Crippen LogP contribution in [0.2, 0.25) is 0 Å². The van der Waals surface area contributed by atoms with Crippen molar-refractivity contribution in [2.45, 2.75) is 25.9 Å². The normalized spacial score (nSPS) is 15.9. The Morgan fingerprint density at radius 2 is 1.72 bits per heavy atom. The van der Waals surface area contributed by atoms with Gasteiger partial charge in [0.25, 0.3) is 0 Å². The Morgan fingerprint density at radius 1 is 1.12 bits per heavy atom. The summed E-state index contributed by atoms with van der Waals surface area (Å²) >= 11 is 0. The first kappa shape index (κ1) is 19.4. The van der Waals surface area contributed by atoms with E-state index in [0.29, 0.717) is 6.42 Å². The maximum absolute atomic E-state index is 13.2. The van der Waals surface area contributed by atoms with Gasteiger partial charge in [-0.25, -0.2) is 4.39 Å². The highest BCUT2D eigenvalue weighted by Crippen LogP contribution is 2.32. The van der Waals surface area contributed by atoms with Crippen molar-refractivity contribution in [1.29, 1.82) is 0 Å². The third-order valence-corrected chi connectivity index (χ3v) is 4.71. The van der Waals surface area contributed by atoms with Crippen molar-refractivity contribution in [3.63, 3.8) is 0 Å². The van der Waals surface area contributed by atoms with E-state index in [0.717, 1.165) is 23.2 Å². The van der Waals surface area contributed by atoms with Crippen molar-refractivity contribution in [2.24, 2.45) is 5.92 Å². The monoisotopic (exact) mass is 341 g/mol. The van der Waals surface area contributed by atoms with Crippen LogP contribution in [0.25, 0.3) is 6.08 Å². The van der Waals surface area contributed by atoms with E-state index in [4.69, 9.17) is 0 Å². The van der Waals surface area contributed by atoms with E-state index in [1.807, 2.05) is 57.4 Å². The van der Waals surface area contributed by atoms with Crippen molar-refractivity contribution in [3.05, 3.63) is 77.1 Å². The molecule has 134 valence electrons. The summed E-state index contributed by atoms with van der Waals surface area (Å²) in [7, 11) is 4.01. The molecule has 0 aromatic heterocycles. The Hall–Kier alpha value is -1.97. The predicted octanol–water partition coefficient (Wildman–Crippen LogP) is 4.40. The summed E-state index contributed by atoms with van der Waals surface area (Å²) in [6.45, 7) is 4.80. The van der Waals surface area contributed by atoms with Crippen LogP contribution in [0.15, 0.2) is 60.2 Å². The van der Waals surface area contributed by atoms with Crippen LogP contribution in [-0.2, 0) is 6.42 Å². The fourth-order valence-corrected chi connectivity index (χ4v) is 3.24. The van der Waals surface area contributed by atoms with Crippen LogP contribution in [0.3, 0.4) is 0 Å². The number of halogens is 1. The summed E-state index contributed by atoms with van der Waals surface area (Å²) in [6.07, 6.45) is 2.49. The minimum absolute atomic E-state index is 0.0208. The molecule has 0 saturated carbocycles. The SMILES string of the molecule is CC(=Cc1ccccc1)C(O)(Cc1ccc(F)cc1)C(C)CN(C)C. The van der Waals surface area contributed by atoms with Crippen molar-refractivity contribution < 1.29 is 9.50 Å². The van der Waals surface area contributed by atoms with E-state index in [1.165, 1.54) is 12.1 Å².